The predicted molar refractivity (Wildman–Crippen MR) is 147 cm³/mol. The van der Waals surface area contributed by atoms with Crippen LogP contribution in [-0.4, -0.2) is 30.7 Å². The lowest BCUT2D eigenvalue weighted by Crippen LogP contribution is -2.40. The van der Waals surface area contributed by atoms with Crippen LogP contribution in [0.2, 0.25) is 0 Å². The molecule has 1 aliphatic heterocycles. The van der Waals surface area contributed by atoms with E-state index in [-0.39, 0.29) is 6.10 Å². The van der Waals surface area contributed by atoms with Gasteiger partial charge in [0, 0.05) is 19.3 Å². The number of anilines is 1. The monoisotopic (exact) mass is 470 g/mol. The zero-order valence-electron chi connectivity index (χ0n) is 21.6. The number of nitriles is 1. The molecule has 0 bridgehead atoms. The number of hydrogen-bond acceptors (Lipinski definition) is 5. The zero-order valence-corrected chi connectivity index (χ0v) is 21.6. The molecule has 0 amide bonds. The summed E-state index contributed by atoms with van der Waals surface area (Å²) < 4.78 is 6.03. The van der Waals surface area contributed by atoms with Crippen molar-refractivity contribution in [1.82, 2.24) is 10.3 Å². The van der Waals surface area contributed by atoms with Gasteiger partial charge in [-0.15, -0.1) is 0 Å². The first-order chi connectivity index (χ1) is 17.1. The van der Waals surface area contributed by atoms with Crippen molar-refractivity contribution in [3.05, 3.63) is 95.7 Å². The second-order valence-electron chi connectivity index (χ2n) is 8.12. The van der Waals surface area contributed by atoms with E-state index in [9.17, 15) is 0 Å². The molecule has 1 aromatic heterocycles. The van der Waals surface area contributed by atoms with Crippen LogP contribution in [0.4, 0.5) is 5.69 Å². The molecule has 3 aromatic rings. The van der Waals surface area contributed by atoms with Crippen LogP contribution >= 0.6 is 0 Å². The molecular formula is C30H38N4O. The standard InChI is InChI=1S/C22H26N4O.C6H6.C2H6/c1-4-15(2)19-9-21-22(26-12-19)27-20(14-25-21)13-24-11-16(3)18-7-5-17(10-23)6-8-18;1-2-4-6-5-3-1;1-2/h4-9,12,16,20,24-25H,11,13-14H2,1-3H3;1-6H;1-2H3/b15-4+;;. The van der Waals surface area contributed by atoms with E-state index in [1.807, 2.05) is 87.6 Å². The zero-order chi connectivity index (χ0) is 25.5. The number of ether oxygens (including phenoxy) is 1. The summed E-state index contributed by atoms with van der Waals surface area (Å²) in [6.45, 7) is 12.6. The van der Waals surface area contributed by atoms with Gasteiger partial charge in [-0.2, -0.15) is 5.26 Å². The van der Waals surface area contributed by atoms with Gasteiger partial charge >= 0.3 is 0 Å². The van der Waals surface area contributed by atoms with Crippen LogP contribution in [0.3, 0.4) is 0 Å². The summed E-state index contributed by atoms with van der Waals surface area (Å²) in [6, 6.07) is 24.0. The number of rotatable bonds is 6. The molecule has 4 rings (SSSR count). The highest BCUT2D eigenvalue weighted by atomic mass is 16.5. The summed E-state index contributed by atoms with van der Waals surface area (Å²) in [5, 5.41) is 15.8. The van der Waals surface area contributed by atoms with E-state index in [0.29, 0.717) is 17.4 Å². The minimum absolute atomic E-state index is 0.0480. The first-order valence-corrected chi connectivity index (χ1v) is 12.4. The van der Waals surface area contributed by atoms with E-state index in [4.69, 9.17) is 10.00 Å². The van der Waals surface area contributed by atoms with Crippen molar-refractivity contribution in [2.24, 2.45) is 0 Å². The average Bonchev–Trinajstić information content (AvgIpc) is 2.94. The number of fused-ring (bicyclic) bond motifs is 1. The molecule has 2 N–H and O–H groups in total. The van der Waals surface area contributed by atoms with E-state index in [0.717, 1.165) is 30.9 Å². The fraction of sp³-hybridized carbons (Fsp3) is 0.333. The normalized spacial score (nSPS) is 14.9. The Morgan fingerprint density at radius 2 is 1.80 bits per heavy atom. The Morgan fingerprint density at radius 1 is 1.17 bits per heavy atom. The molecule has 2 aromatic carbocycles. The van der Waals surface area contributed by atoms with Gasteiger partial charge in [0.25, 0.3) is 0 Å². The van der Waals surface area contributed by atoms with Gasteiger partial charge in [0.05, 0.1) is 23.9 Å². The molecule has 1 aliphatic rings. The molecule has 5 heteroatoms. The van der Waals surface area contributed by atoms with E-state index in [1.54, 1.807) is 0 Å². The smallest absolute Gasteiger partial charge is 0.237 e. The second-order valence-corrected chi connectivity index (χ2v) is 8.12. The van der Waals surface area contributed by atoms with Crippen LogP contribution in [-0.2, 0) is 0 Å². The average molecular weight is 471 g/mol. The van der Waals surface area contributed by atoms with Crippen molar-refractivity contribution in [3.63, 3.8) is 0 Å². The third-order valence-electron chi connectivity index (χ3n) is 5.64. The number of aromatic nitrogens is 1. The summed E-state index contributed by atoms with van der Waals surface area (Å²) in [5.74, 6) is 1.03. The van der Waals surface area contributed by atoms with Crippen molar-refractivity contribution in [1.29, 1.82) is 5.26 Å². The van der Waals surface area contributed by atoms with Gasteiger partial charge in [0.15, 0.2) is 0 Å². The molecular weight excluding hydrogens is 432 g/mol. The maximum Gasteiger partial charge on any atom is 0.237 e. The highest BCUT2D eigenvalue weighted by Crippen LogP contribution is 2.29. The van der Waals surface area contributed by atoms with E-state index >= 15 is 0 Å². The van der Waals surface area contributed by atoms with Crippen LogP contribution in [0.25, 0.3) is 5.57 Å². The van der Waals surface area contributed by atoms with E-state index in [1.165, 1.54) is 11.1 Å². The van der Waals surface area contributed by atoms with Crippen LogP contribution in [0.5, 0.6) is 5.88 Å². The number of pyridine rings is 1. The van der Waals surface area contributed by atoms with Crippen molar-refractivity contribution >= 4 is 11.3 Å². The molecule has 0 radical (unpaired) electrons. The van der Waals surface area contributed by atoms with Crippen molar-refractivity contribution in [2.75, 3.05) is 25.0 Å². The summed E-state index contributed by atoms with van der Waals surface area (Å²) >= 11 is 0. The van der Waals surface area contributed by atoms with Gasteiger partial charge in [-0.3, -0.25) is 0 Å². The Kier molecular flexibility index (Phi) is 12.1. The lowest BCUT2D eigenvalue weighted by atomic mass is 10.00. The number of benzene rings is 2. The molecule has 0 saturated carbocycles. The molecule has 184 valence electrons. The van der Waals surface area contributed by atoms with Crippen LogP contribution in [0.1, 0.15) is 57.2 Å². The fourth-order valence-electron chi connectivity index (χ4n) is 3.44. The lowest BCUT2D eigenvalue weighted by molar-refractivity contribution is 0.193. The first-order valence-electron chi connectivity index (χ1n) is 12.4. The van der Waals surface area contributed by atoms with Gasteiger partial charge < -0.3 is 15.4 Å². The molecule has 5 nitrogen and oxygen atoms in total. The van der Waals surface area contributed by atoms with Crippen LogP contribution in [0.15, 0.2) is 79.0 Å². The van der Waals surface area contributed by atoms with Gasteiger partial charge in [0.2, 0.25) is 5.88 Å². The summed E-state index contributed by atoms with van der Waals surface area (Å²) in [4.78, 5) is 4.47. The third kappa shape index (κ3) is 8.92. The minimum atomic E-state index is 0.0480. The Balaban J connectivity index is 0.000000463. The quantitative estimate of drug-likeness (QED) is 0.422. The topological polar surface area (TPSA) is 70.0 Å². The van der Waals surface area contributed by atoms with E-state index in [2.05, 4.69) is 47.7 Å². The molecule has 35 heavy (non-hydrogen) atoms. The molecule has 0 fully saturated rings. The summed E-state index contributed by atoms with van der Waals surface area (Å²) in [6.07, 6.45) is 3.99. The van der Waals surface area contributed by atoms with Crippen molar-refractivity contribution in [2.45, 2.75) is 46.6 Å². The molecule has 2 atom stereocenters. The maximum atomic E-state index is 8.89. The van der Waals surface area contributed by atoms with Gasteiger partial charge in [-0.05, 0) is 54.7 Å². The van der Waals surface area contributed by atoms with Gasteiger partial charge in [-0.1, -0.05) is 75.4 Å². The highest BCUT2D eigenvalue weighted by Gasteiger charge is 2.21. The van der Waals surface area contributed by atoms with Gasteiger partial charge in [-0.25, -0.2) is 4.98 Å². The van der Waals surface area contributed by atoms with Gasteiger partial charge in [0.1, 0.15) is 6.10 Å². The third-order valence-corrected chi connectivity index (χ3v) is 5.64. The number of nitrogens with zero attached hydrogens (tertiary/aromatic N) is 2. The number of hydrogen-bond donors (Lipinski definition) is 2. The molecule has 0 saturated heterocycles. The van der Waals surface area contributed by atoms with Crippen molar-refractivity contribution < 1.29 is 4.74 Å². The van der Waals surface area contributed by atoms with Crippen molar-refractivity contribution in [3.8, 4) is 11.9 Å². The molecule has 0 aliphatic carbocycles. The Bertz CT molecular complexity index is 1050. The minimum Gasteiger partial charge on any atom is -0.470 e. The molecule has 2 heterocycles. The highest BCUT2D eigenvalue weighted by molar-refractivity contribution is 5.68. The Labute approximate surface area is 210 Å². The fourth-order valence-corrected chi connectivity index (χ4v) is 3.44. The summed E-state index contributed by atoms with van der Waals surface area (Å²) in [7, 11) is 0. The predicted octanol–water partition coefficient (Wildman–Crippen LogP) is 6.66. The lowest BCUT2D eigenvalue weighted by Gasteiger charge is -2.27. The molecule has 2 unspecified atom stereocenters. The number of nitrogens with one attached hydrogen (secondary N) is 2. The largest absolute Gasteiger partial charge is 0.470 e. The van der Waals surface area contributed by atoms with Crippen LogP contribution < -0.4 is 15.4 Å². The first kappa shape index (κ1) is 27.6. The molecule has 0 spiro atoms. The van der Waals surface area contributed by atoms with Crippen LogP contribution in [0, 0.1) is 11.3 Å². The Hall–Kier alpha value is -3.62. The second kappa shape index (κ2) is 15.3. The Morgan fingerprint density at radius 3 is 2.37 bits per heavy atom. The maximum absolute atomic E-state index is 8.89. The number of allylic oxidation sites excluding steroid dienone is 2. The summed E-state index contributed by atoms with van der Waals surface area (Å²) in [5.41, 5.74) is 5.19. The SMILES string of the molecule is C/C=C(\C)c1cnc2c(c1)NCC(CNCC(C)c1ccc(C#N)cc1)O2.CC.c1ccccc1. The van der Waals surface area contributed by atoms with E-state index < -0.39 is 0 Å².